The molecule has 1 aromatic rings. The fourth-order valence-electron chi connectivity index (χ4n) is 2.03. The molecule has 1 saturated heterocycles. The second kappa shape index (κ2) is 7.06. The summed E-state index contributed by atoms with van der Waals surface area (Å²) in [4.78, 5) is 10.5. The highest BCUT2D eigenvalue weighted by Crippen LogP contribution is 2.26. The normalized spacial score (nSPS) is 18.6. The summed E-state index contributed by atoms with van der Waals surface area (Å²) in [7, 11) is 0. The number of nitro groups is 1. The zero-order valence-electron chi connectivity index (χ0n) is 11.4. The van der Waals surface area contributed by atoms with E-state index in [-0.39, 0.29) is 11.7 Å². The number of hydrogen-bond donors (Lipinski definition) is 2. The van der Waals surface area contributed by atoms with Crippen molar-refractivity contribution in [2.75, 3.05) is 38.2 Å². The van der Waals surface area contributed by atoms with Gasteiger partial charge in [0, 0.05) is 37.0 Å². The van der Waals surface area contributed by atoms with Crippen LogP contribution < -0.4 is 15.4 Å². The molecule has 0 saturated carbocycles. The topological polar surface area (TPSA) is 85.7 Å². The van der Waals surface area contributed by atoms with Crippen molar-refractivity contribution >= 4 is 11.4 Å². The molecule has 0 amide bonds. The molecule has 1 unspecified atom stereocenters. The summed E-state index contributed by atoms with van der Waals surface area (Å²) in [6.45, 7) is 5.15. The number of morpholine rings is 1. The van der Waals surface area contributed by atoms with Crippen molar-refractivity contribution in [3.8, 4) is 5.75 Å². The molecule has 7 nitrogen and oxygen atoms in total. The van der Waals surface area contributed by atoms with Crippen molar-refractivity contribution < 1.29 is 14.4 Å². The first kappa shape index (κ1) is 14.5. The number of ether oxygens (including phenoxy) is 2. The van der Waals surface area contributed by atoms with E-state index in [9.17, 15) is 10.1 Å². The van der Waals surface area contributed by atoms with Crippen LogP contribution >= 0.6 is 0 Å². The molecular formula is C13H19N3O4. The summed E-state index contributed by atoms with van der Waals surface area (Å²) in [5, 5.41) is 17.4. The van der Waals surface area contributed by atoms with E-state index in [1.165, 1.54) is 12.1 Å². The predicted octanol–water partition coefficient (Wildman–Crippen LogP) is 1.39. The Labute approximate surface area is 117 Å². The van der Waals surface area contributed by atoms with E-state index < -0.39 is 4.92 Å². The molecule has 20 heavy (non-hydrogen) atoms. The van der Waals surface area contributed by atoms with Crippen molar-refractivity contribution in [1.29, 1.82) is 0 Å². The van der Waals surface area contributed by atoms with E-state index in [2.05, 4.69) is 10.6 Å². The van der Waals surface area contributed by atoms with Gasteiger partial charge < -0.3 is 20.1 Å². The molecule has 0 bridgehead atoms. The number of benzene rings is 1. The Morgan fingerprint density at radius 3 is 3.05 bits per heavy atom. The van der Waals surface area contributed by atoms with E-state index in [1.807, 2.05) is 6.92 Å². The number of nitro benzene ring substituents is 1. The molecule has 1 fully saturated rings. The van der Waals surface area contributed by atoms with Crippen molar-refractivity contribution in [1.82, 2.24) is 5.32 Å². The quantitative estimate of drug-likeness (QED) is 0.605. The average Bonchev–Trinajstić information content (AvgIpc) is 2.46. The first-order valence-corrected chi connectivity index (χ1v) is 6.66. The van der Waals surface area contributed by atoms with Gasteiger partial charge in [0.2, 0.25) is 0 Å². The smallest absolute Gasteiger partial charge is 0.275 e. The van der Waals surface area contributed by atoms with Crippen molar-refractivity contribution in [3.05, 3.63) is 28.3 Å². The zero-order valence-corrected chi connectivity index (χ0v) is 11.4. The van der Waals surface area contributed by atoms with E-state index in [4.69, 9.17) is 9.47 Å². The summed E-state index contributed by atoms with van der Waals surface area (Å²) in [6, 6.07) is 4.90. The van der Waals surface area contributed by atoms with Gasteiger partial charge >= 0.3 is 0 Å². The third kappa shape index (κ3) is 4.07. The summed E-state index contributed by atoms with van der Waals surface area (Å²) in [5.74, 6) is 0.497. The number of nitrogens with one attached hydrogen (secondary N) is 2. The Morgan fingerprint density at radius 2 is 2.40 bits per heavy atom. The maximum Gasteiger partial charge on any atom is 0.275 e. The van der Waals surface area contributed by atoms with Crippen LogP contribution in [-0.4, -0.2) is 43.9 Å². The number of nitrogens with zero attached hydrogens (tertiary/aromatic N) is 1. The molecule has 1 aliphatic heterocycles. The summed E-state index contributed by atoms with van der Waals surface area (Å²) >= 11 is 0. The van der Waals surface area contributed by atoms with Gasteiger partial charge in [-0.25, -0.2) is 0 Å². The van der Waals surface area contributed by atoms with Gasteiger partial charge in [-0.15, -0.1) is 0 Å². The number of anilines is 1. The van der Waals surface area contributed by atoms with Crippen molar-refractivity contribution in [2.45, 2.75) is 13.0 Å². The van der Waals surface area contributed by atoms with Gasteiger partial charge in [0.25, 0.3) is 5.69 Å². The average molecular weight is 281 g/mol. The van der Waals surface area contributed by atoms with Crippen LogP contribution in [0.2, 0.25) is 0 Å². The lowest BCUT2D eigenvalue weighted by atomic mass is 10.2. The highest BCUT2D eigenvalue weighted by Gasteiger charge is 2.14. The minimum Gasteiger partial charge on any atom is -0.494 e. The van der Waals surface area contributed by atoms with Crippen LogP contribution in [0.5, 0.6) is 5.75 Å². The van der Waals surface area contributed by atoms with Gasteiger partial charge in [0.15, 0.2) is 0 Å². The SMILES string of the molecule is CCOc1cc(NCC2COCCN2)cc([N+](=O)[O-])c1. The van der Waals surface area contributed by atoms with Gasteiger partial charge in [-0.3, -0.25) is 10.1 Å². The summed E-state index contributed by atoms with van der Waals surface area (Å²) in [5.41, 5.74) is 0.696. The minimum absolute atomic E-state index is 0.0197. The lowest BCUT2D eigenvalue weighted by molar-refractivity contribution is -0.384. The third-order valence-electron chi connectivity index (χ3n) is 2.96. The molecule has 2 N–H and O–H groups in total. The van der Waals surface area contributed by atoms with Crippen LogP contribution in [0.4, 0.5) is 11.4 Å². The molecule has 0 aliphatic carbocycles. The van der Waals surface area contributed by atoms with Gasteiger partial charge in [0.1, 0.15) is 5.75 Å². The van der Waals surface area contributed by atoms with Gasteiger partial charge in [-0.1, -0.05) is 0 Å². The lowest BCUT2D eigenvalue weighted by Gasteiger charge is -2.24. The Morgan fingerprint density at radius 1 is 1.55 bits per heavy atom. The fraction of sp³-hybridized carbons (Fsp3) is 0.538. The fourth-order valence-corrected chi connectivity index (χ4v) is 2.03. The molecule has 1 atom stereocenters. The minimum atomic E-state index is -0.421. The highest BCUT2D eigenvalue weighted by atomic mass is 16.6. The first-order valence-electron chi connectivity index (χ1n) is 6.66. The third-order valence-corrected chi connectivity index (χ3v) is 2.96. The maximum atomic E-state index is 10.9. The number of rotatable bonds is 6. The number of hydrogen-bond acceptors (Lipinski definition) is 6. The van der Waals surface area contributed by atoms with Gasteiger partial charge in [0.05, 0.1) is 30.8 Å². The van der Waals surface area contributed by atoms with Crippen LogP contribution in [0.15, 0.2) is 18.2 Å². The zero-order chi connectivity index (χ0) is 14.4. The monoisotopic (exact) mass is 281 g/mol. The largest absolute Gasteiger partial charge is 0.494 e. The van der Waals surface area contributed by atoms with Crippen molar-refractivity contribution in [3.63, 3.8) is 0 Å². The van der Waals surface area contributed by atoms with Crippen molar-refractivity contribution in [2.24, 2.45) is 0 Å². The first-order chi connectivity index (χ1) is 9.69. The second-order valence-electron chi connectivity index (χ2n) is 4.51. The molecule has 1 aliphatic rings. The highest BCUT2D eigenvalue weighted by molar-refractivity contribution is 5.56. The van der Waals surface area contributed by atoms with E-state index in [0.29, 0.717) is 31.2 Å². The summed E-state index contributed by atoms with van der Waals surface area (Å²) < 4.78 is 10.7. The second-order valence-corrected chi connectivity index (χ2v) is 4.51. The van der Waals surface area contributed by atoms with Crippen LogP contribution in [0.1, 0.15) is 6.92 Å². The Bertz CT molecular complexity index is 461. The molecule has 0 radical (unpaired) electrons. The Kier molecular flexibility index (Phi) is 5.14. The molecular weight excluding hydrogens is 262 g/mol. The molecule has 7 heteroatoms. The van der Waals surface area contributed by atoms with Gasteiger partial charge in [-0.2, -0.15) is 0 Å². The predicted molar refractivity (Wildman–Crippen MR) is 75.4 cm³/mol. The van der Waals surface area contributed by atoms with Crippen LogP contribution in [0.25, 0.3) is 0 Å². The van der Waals surface area contributed by atoms with E-state index in [0.717, 1.165) is 13.2 Å². The molecule has 1 aromatic carbocycles. The molecule has 1 heterocycles. The maximum absolute atomic E-state index is 10.9. The summed E-state index contributed by atoms with van der Waals surface area (Å²) in [6.07, 6.45) is 0. The molecule has 2 rings (SSSR count). The lowest BCUT2D eigenvalue weighted by Crippen LogP contribution is -2.45. The van der Waals surface area contributed by atoms with E-state index in [1.54, 1.807) is 6.07 Å². The Hall–Kier alpha value is -1.86. The van der Waals surface area contributed by atoms with E-state index >= 15 is 0 Å². The van der Waals surface area contributed by atoms with Crippen LogP contribution in [0.3, 0.4) is 0 Å². The number of non-ortho nitro benzene ring substituents is 1. The molecule has 0 spiro atoms. The standard InChI is InChI=1S/C13H19N3O4/c1-2-20-13-6-10(5-12(7-13)16(17)18)15-8-11-9-19-4-3-14-11/h5-7,11,14-15H,2-4,8-9H2,1H3. The molecule has 0 aromatic heterocycles. The Balaban J connectivity index is 2.03. The van der Waals surface area contributed by atoms with Crippen LogP contribution in [0, 0.1) is 10.1 Å². The van der Waals surface area contributed by atoms with Crippen LogP contribution in [-0.2, 0) is 4.74 Å². The molecule has 110 valence electrons. The van der Waals surface area contributed by atoms with Gasteiger partial charge in [-0.05, 0) is 6.92 Å².